The number of carboxylic acids is 1. The first-order valence-electron chi connectivity index (χ1n) is 6.93. The molecular formula is C13H22N2O4. The summed E-state index contributed by atoms with van der Waals surface area (Å²) in [5.74, 6) is -0.901. The van der Waals surface area contributed by atoms with Gasteiger partial charge in [-0.2, -0.15) is 0 Å². The van der Waals surface area contributed by atoms with Gasteiger partial charge in [-0.1, -0.05) is 0 Å². The minimum atomic E-state index is -0.901. The van der Waals surface area contributed by atoms with Gasteiger partial charge in [0.05, 0.1) is 12.2 Å². The Labute approximate surface area is 113 Å². The van der Waals surface area contributed by atoms with Crippen LogP contribution in [0.4, 0.5) is 4.79 Å². The molecule has 0 spiro atoms. The molecule has 1 unspecified atom stereocenters. The van der Waals surface area contributed by atoms with Crippen LogP contribution in [0, 0.1) is 0 Å². The van der Waals surface area contributed by atoms with Crippen LogP contribution in [-0.2, 0) is 9.53 Å². The van der Waals surface area contributed by atoms with Gasteiger partial charge in [0.2, 0.25) is 0 Å². The normalized spacial score (nSPS) is 32.2. The predicted molar refractivity (Wildman–Crippen MR) is 69.0 cm³/mol. The molecule has 2 fully saturated rings. The maximum Gasteiger partial charge on any atom is 0.326 e. The van der Waals surface area contributed by atoms with Crippen LogP contribution < -0.4 is 0 Å². The van der Waals surface area contributed by atoms with Crippen LogP contribution in [0.15, 0.2) is 0 Å². The third kappa shape index (κ3) is 3.18. The maximum atomic E-state index is 12.5. The number of carbonyl (C=O) groups excluding carboxylic acids is 1. The smallest absolute Gasteiger partial charge is 0.326 e. The zero-order valence-corrected chi connectivity index (χ0v) is 11.5. The molecule has 0 aromatic rings. The van der Waals surface area contributed by atoms with Crippen LogP contribution in [0.3, 0.4) is 0 Å². The Morgan fingerprint density at radius 1 is 1.16 bits per heavy atom. The second kappa shape index (κ2) is 5.77. The number of piperidine rings is 1. The average Bonchev–Trinajstić information content (AvgIpc) is 2.36. The number of morpholine rings is 1. The Balaban J connectivity index is 2.06. The van der Waals surface area contributed by atoms with Crippen molar-refractivity contribution in [2.45, 2.75) is 51.4 Å². The second-order valence-electron chi connectivity index (χ2n) is 5.49. The Morgan fingerprint density at radius 3 is 2.37 bits per heavy atom. The highest BCUT2D eigenvalue weighted by Gasteiger charge is 2.36. The molecule has 2 saturated heterocycles. The van der Waals surface area contributed by atoms with E-state index in [2.05, 4.69) is 0 Å². The molecule has 6 nitrogen and oxygen atoms in total. The molecule has 19 heavy (non-hydrogen) atoms. The van der Waals surface area contributed by atoms with Gasteiger partial charge in [0.25, 0.3) is 0 Å². The molecule has 2 rings (SSSR count). The van der Waals surface area contributed by atoms with E-state index < -0.39 is 12.0 Å². The molecule has 2 aliphatic heterocycles. The number of carboxylic acid groups (broad SMARTS) is 1. The zero-order valence-electron chi connectivity index (χ0n) is 11.5. The van der Waals surface area contributed by atoms with Gasteiger partial charge >= 0.3 is 12.0 Å². The van der Waals surface area contributed by atoms with Crippen LogP contribution in [0.1, 0.15) is 33.1 Å². The number of carbonyl (C=O) groups is 2. The lowest BCUT2D eigenvalue weighted by atomic mass is 10.0. The minimum Gasteiger partial charge on any atom is -0.480 e. The summed E-state index contributed by atoms with van der Waals surface area (Å²) in [5.41, 5.74) is 0. The van der Waals surface area contributed by atoms with Gasteiger partial charge in [-0.25, -0.2) is 9.59 Å². The van der Waals surface area contributed by atoms with Crippen molar-refractivity contribution in [3.05, 3.63) is 0 Å². The fourth-order valence-electron chi connectivity index (χ4n) is 2.93. The minimum absolute atomic E-state index is 0.000712. The molecular weight excluding hydrogens is 248 g/mol. The molecule has 0 bridgehead atoms. The van der Waals surface area contributed by atoms with Crippen molar-refractivity contribution in [1.29, 1.82) is 0 Å². The number of aliphatic carboxylic acids is 1. The molecule has 3 atom stereocenters. The largest absolute Gasteiger partial charge is 0.480 e. The van der Waals surface area contributed by atoms with Gasteiger partial charge in [-0.05, 0) is 33.1 Å². The molecule has 0 radical (unpaired) electrons. The summed E-state index contributed by atoms with van der Waals surface area (Å²) in [6, 6.07) is -0.830. The number of amides is 2. The summed E-state index contributed by atoms with van der Waals surface area (Å²) >= 11 is 0. The third-order valence-corrected chi connectivity index (χ3v) is 3.72. The van der Waals surface area contributed by atoms with Crippen LogP contribution in [-0.4, -0.2) is 64.8 Å². The van der Waals surface area contributed by atoms with Gasteiger partial charge in [-0.15, -0.1) is 0 Å². The topological polar surface area (TPSA) is 70.1 Å². The first-order chi connectivity index (χ1) is 8.99. The summed E-state index contributed by atoms with van der Waals surface area (Å²) in [7, 11) is 0. The van der Waals surface area contributed by atoms with E-state index in [1.165, 1.54) is 4.90 Å². The molecule has 2 amide bonds. The molecule has 0 aromatic heterocycles. The van der Waals surface area contributed by atoms with Crippen molar-refractivity contribution in [2.24, 2.45) is 0 Å². The van der Waals surface area contributed by atoms with Gasteiger partial charge in [0.1, 0.15) is 6.04 Å². The third-order valence-electron chi connectivity index (χ3n) is 3.72. The molecule has 0 aromatic carbocycles. The van der Waals surface area contributed by atoms with Crippen LogP contribution >= 0.6 is 0 Å². The van der Waals surface area contributed by atoms with E-state index in [9.17, 15) is 14.7 Å². The highest BCUT2D eigenvalue weighted by molar-refractivity contribution is 5.83. The van der Waals surface area contributed by atoms with Crippen LogP contribution in [0.25, 0.3) is 0 Å². The average molecular weight is 270 g/mol. The molecule has 0 aliphatic carbocycles. The van der Waals surface area contributed by atoms with Crippen molar-refractivity contribution < 1.29 is 19.4 Å². The van der Waals surface area contributed by atoms with Crippen molar-refractivity contribution in [3.8, 4) is 0 Å². The van der Waals surface area contributed by atoms with E-state index in [1.54, 1.807) is 4.90 Å². The van der Waals surface area contributed by atoms with Gasteiger partial charge in [0, 0.05) is 19.6 Å². The van der Waals surface area contributed by atoms with Gasteiger partial charge in [0.15, 0.2) is 0 Å². The fraction of sp³-hybridized carbons (Fsp3) is 0.846. The summed E-state index contributed by atoms with van der Waals surface area (Å²) in [6.45, 7) is 5.47. The number of nitrogens with zero attached hydrogens (tertiary/aromatic N) is 2. The lowest BCUT2D eigenvalue weighted by molar-refractivity contribution is -0.143. The molecule has 108 valence electrons. The number of hydrogen-bond donors (Lipinski definition) is 1. The van der Waals surface area contributed by atoms with E-state index >= 15 is 0 Å². The Bertz CT molecular complexity index is 351. The van der Waals surface area contributed by atoms with E-state index in [-0.39, 0.29) is 18.2 Å². The van der Waals surface area contributed by atoms with Gasteiger partial charge in [-0.3, -0.25) is 0 Å². The van der Waals surface area contributed by atoms with Crippen molar-refractivity contribution in [3.63, 3.8) is 0 Å². The number of urea groups is 1. The number of hydrogen-bond acceptors (Lipinski definition) is 3. The van der Waals surface area contributed by atoms with Gasteiger partial charge < -0.3 is 19.6 Å². The monoisotopic (exact) mass is 270 g/mol. The van der Waals surface area contributed by atoms with E-state index in [0.717, 1.165) is 12.8 Å². The summed E-state index contributed by atoms with van der Waals surface area (Å²) in [5, 5.41) is 9.22. The molecule has 0 saturated carbocycles. The molecule has 2 heterocycles. The lowest BCUT2D eigenvalue weighted by Crippen LogP contribution is -2.57. The predicted octanol–water partition coefficient (Wildman–Crippen LogP) is 1.15. The summed E-state index contributed by atoms with van der Waals surface area (Å²) in [6.07, 6.45) is 2.31. The van der Waals surface area contributed by atoms with Crippen molar-refractivity contribution in [1.82, 2.24) is 9.80 Å². The quantitative estimate of drug-likeness (QED) is 0.776. The van der Waals surface area contributed by atoms with Crippen molar-refractivity contribution >= 4 is 12.0 Å². The first-order valence-corrected chi connectivity index (χ1v) is 6.93. The van der Waals surface area contributed by atoms with E-state index in [4.69, 9.17) is 4.74 Å². The van der Waals surface area contributed by atoms with Crippen LogP contribution in [0.2, 0.25) is 0 Å². The Hall–Kier alpha value is -1.30. The second-order valence-corrected chi connectivity index (χ2v) is 5.49. The molecule has 2 aliphatic rings. The zero-order chi connectivity index (χ0) is 14.0. The van der Waals surface area contributed by atoms with Crippen molar-refractivity contribution in [2.75, 3.05) is 19.6 Å². The number of ether oxygens (including phenoxy) is 1. The highest BCUT2D eigenvalue weighted by Crippen LogP contribution is 2.21. The SMILES string of the molecule is C[C@@H]1CN(C(=O)N2CCCCC2C(=O)O)C[C@H](C)O1. The first kappa shape index (κ1) is 14.1. The lowest BCUT2D eigenvalue weighted by Gasteiger charge is -2.41. The Morgan fingerprint density at radius 2 is 1.79 bits per heavy atom. The maximum absolute atomic E-state index is 12.5. The highest BCUT2D eigenvalue weighted by atomic mass is 16.5. The van der Waals surface area contributed by atoms with E-state index in [1.807, 2.05) is 13.8 Å². The fourth-order valence-corrected chi connectivity index (χ4v) is 2.93. The Kier molecular flexibility index (Phi) is 4.29. The standard InChI is InChI=1S/C13H22N2O4/c1-9-7-14(8-10(2)19-9)13(18)15-6-4-3-5-11(15)12(16)17/h9-11H,3-8H2,1-2H3,(H,16,17)/t9-,10+,11?. The summed E-state index contributed by atoms with van der Waals surface area (Å²) in [4.78, 5) is 27.0. The molecule has 6 heteroatoms. The number of rotatable bonds is 1. The molecule has 1 N–H and O–H groups in total. The summed E-state index contributed by atoms with van der Waals surface area (Å²) < 4.78 is 5.60. The van der Waals surface area contributed by atoms with E-state index in [0.29, 0.717) is 26.1 Å². The number of likely N-dealkylation sites (tertiary alicyclic amines) is 1. The van der Waals surface area contributed by atoms with Crippen LogP contribution in [0.5, 0.6) is 0 Å².